The zero-order valence-electron chi connectivity index (χ0n) is 12.2. The van der Waals surface area contributed by atoms with Crippen molar-refractivity contribution in [3.05, 3.63) is 0 Å². The van der Waals surface area contributed by atoms with E-state index in [-0.39, 0.29) is 18.2 Å². The summed E-state index contributed by atoms with van der Waals surface area (Å²) >= 11 is 0. The molecule has 0 aromatic rings. The second-order valence-electron chi connectivity index (χ2n) is 5.82. The molecule has 1 saturated heterocycles. The lowest BCUT2D eigenvalue weighted by Gasteiger charge is -2.39. The van der Waals surface area contributed by atoms with Crippen molar-refractivity contribution in [1.29, 1.82) is 0 Å². The molecule has 2 rings (SSSR count). The molecule has 0 aromatic heterocycles. The highest BCUT2D eigenvalue weighted by Gasteiger charge is 2.49. The summed E-state index contributed by atoms with van der Waals surface area (Å²) in [4.78, 5) is 25.5. The van der Waals surface area contributed by atoms with Crippen LogP contribution in [0.15, 0.2) is 0 Å². The Hall–Kier alpha value is -1.30. The van der Waals surface area contributed by atoms with Gasteiger partial charge >= 0.3 is 12.0 Å². The highest BCUT2D eigenvalue weighted by molar-refractivity contribution is 5.87. The van der Waals surface area contributed by atoms with E-state index >= 15 is 0 Å². The number of ether oxygens (including phenoxy) is 1. The standard InChI is InChI=1S/C14H24N2O4/c1-3-5-14(12(17)18)6-4-7-16(14)13(19)15-10-8-11(9-10)20-2/h10-11H,3-9H2,1-2H3,(H,15,19)(H,17,18). The van der Waals surface area contributed by atoms with E-state index in [1.807, 2.05) is 6.92 Å². The minimum absolute atomic E-state index is 0.112. The van der Waals surface area contributed by atoms with Crippen LogP contribution in [-0.2, 0) is 9.53 Å². The Labute approximate surface area is 119 Å². The van der Waals surface area contributed by atoms with Gasteiger partial charge in [-0.3, -0.25) is 0 Å². The van der Waals surface area contributed by atoms with E-state index in [9.17, 15) is 14.7 Å². The molecule has 2 fully saturated rings. The fraction of sp³-hybridized carbons (Fsp3) is 0.857. The fourth-order valence-electron chi connectivity index (χ4n) is 3.31. The number of nitrogens with zero attached hydrogens (tertiary/aromatic N) is 1. The smallest absolute Gasteiger partial charge is 0.329 e. The molecule has 0 bridgehead atoms. The second-order valence-corrected chi connectivity index (χ2v) is 5.82. The number of carboxylic acid groups (broad SMARTS) is 1. The van der Waals surface area contributed by atoms with Gasteiger partial charge in [0.2, 0.25) is 0 Å². The summed E-state index contributed by atoms with van der Waals surface area (Å²) in [6, 6.07) is -0.126. The summed E-state index contributed by atoms with van der Waals surface area (Å²) < 4.78 is 5.18. The molecule has 0 spiro atoms. The quantitative estimate of drug-likeness (QED) is 0.803. The first-order valence-corrected chi connectivity index (χ1v) is 7.38. The SMILES string of the molecule is CCCC1(C(=O)O)CCCN1C(=O)NC1CC(OC)C1. The van der Waals surface area contributed by atoms with Gasteiger partial charge in [-0.25, -0.2) is 9.59 Å². The number of aliphatic carboxylic acids is 1. The van der Waals surface area contributed by atoms with Gasteiger partial charge in [-0.15, -0.1) is 0 Å². The summed E-state index contributed by atoms with van der Waals surface area (Å²) in [6.07, 6.45) is 4.42. The number of amides is 2. The number of carbonyl (C=O) groups is 2. The van der Waals surface area contributed by atoms with Crippen molar-refractivity contribution in [3.8, 4) is 0 Å². The third kappa shape index (κ3) is 2.61. The molecule has 1 saturated carbocycles. The summed E-state index contributed by atoms with van der Waals surface area (Å²) in [6.45, 7) is 2.48. The third-order valence-corrected chi connectivity index (χ3v) is 4.55. The number of carboxylic acids is 1. The number of hydrogen-bond donors (Lipinski definition) is 2. The Morgan fingerprint density at radius 1 is 1.45 bits per heavy atom. The molecule has 1 atom stereocenters. The third-order valence-electron chi connectivity index (χ3n) is 4.55. The minimum atomic E-state index is -1.01. The van der Waals surface area contributed by atoms with Crippen molar-refractivity contribution in [2.45, 2.75) is 63.1 Å². The lowest BCUT2D eigenvalue weighted by molar-refractivity contribution is -0.148. The maximum Gasteiger partial charge on any atom is 0.329 e. The number of likely N-dealkylation sites (tertiary alicyclic amines) is 1. The van der Waals surface area contributed by atoms with Crippen LogP contribution >= 0.6 is 0 Å². The molecule has 1 unspecified atom stereocenters. The molecular formula is C14H24N2O4. The molecule has 6 nitrogen and oxygen atoms in total. The monoisotopic (exact) mass is 284 g/mol. The summed E-state index contributed by atoms with van der Waals surface area (Å²) in [5.41, 5.74) is -1.01. The van der Waals surface area contributed by atoms with E-state index in [4.69, 9.17) is 4.74 Å². The van der Waals surface area contributed by atoms with E-state index in [0.29, 0.717) is 19.4 Å². The molecule has 2 N–H and O–H groups in total. The highest BCUT2D eigenvalue weighted by atomic mass is 16.5. The molecule has 1 heterocycles. The Morgan fingerprint density at radius 3 is 2.70 bits per heavy atom. The molecule has 1 aliphatic carbocycles. The maximum absolute atomic E-state index is 12.3. The van der Waals surface area contributed by atoms with Crippen molar-refractivity contribution >= 4 is 12.0 Å². The molecule has 2 aliphatic rings. The molecule has 1 aliphatic heterocycles. The van der Waals surface area contributed by atoms with Crippen LogP contribution in [0.3, 0.4) is 0 Å². The van der Waals surface area contributed by atoms with Crippen LogP contribution < -0.4 is 5.32 Å². The first kappa shape index (κ1) is 15.1. The van der Waals surface area contributed by atoms with Crippen molar-refractivity contribution in [1.82, 2.24) is 10.2 Å². The van der Waals surface area contributed by atoms with E-state index in [0.717, 1.165) is 25.7 Å². The molecular weight excluding hydrogens is 260 g/mol. The van der Waals surface area contributed by atoms with Gasteiger partial charge in [0.05, 0.1) is 6.10 Å². The van der Waals surface area contributed by atoms with Gasteiger partial charge in [-0.05, 0) is 32.1 Å². The topological polar surface area (TPSA) is 78.9 Å². The minimum Gasteiger partial charge on any atom is -0.479 e. The first-order valence-electron chi connectivity index (χ1n) is 7.38. The number of carbonyl (C=O) groups excluding carboxylic acids is 1. The number of nitrogens with one attached hydrogen (secondary N) is 1. The number of rotatable bonds is 5. The largest absolute Gasteiger partial charge is 0.479 e. The maximum atomic E-state index is 12.3. The molecule has 0 radical (unpaired) electrons. The van der Waals surface area contributed by atoms with Gasteiger partial charge in [-0.2, -0.15) is 0 Å². The van der Waals surface area contributed by atoms with Crippen LogP contribution in [0.25, 0.3) is 0 Å². The van der Waals surface area contributed by atoms with E-state index < -0.39 is 11.5 Å². The normalized spacial score (nSPS) is 32.8. The zero-order chi connectivity index (χ0) is 14.8. The van der Waals surface area contributed by atoms with E-state index in [2.05, 4.69) is 5.32 Å². The van der Waals surface area contributed by atoms with Crippen LogP contribution in [0.4, 0.5) is 4.79 Å². The van der Waals surface area contributed by atoms with Crippen LogP contribution in [0, 0.1) is 0 Å². The van der Waals surface area contributed by atoms with Crippen molar-refractivity contribution in [2.24, 2.45) is 0 Å². The number of methoxy groups -OCH3 is 1. The summed E-state index contributed by atoms with van der Waals surface area (Å²) in [5, 5.41) is 12.5. The Morgan fingerprint density at radius 2 is 2.15 bits per heavy atom. The van der Waals surface area contributed by atoms with Crippen molar-refractivity contribution in [2.75, 3.05) is 13.7 Å². The average molecular weight is 284 g/mol. The lowest BCUT2D eigenvalue weighted by Crippen LogP contribution is -2.59. The fourth-order valence-corrected chi connectivity index (χ4v) is 3.31. The lowest BCUT2D eigenvalue weighted by atomic mass is 9.89. The predicted octanol–water partition coefficient (Wildman–Crippen LogP) is 1.59. The average Bonchev–Trinajstić information content (AvgIpc) is 2.78. The molecule has 6 heteroatoms. The predicted molar refractivity (Wildman–Crippen MR) is 73.6 cm³/mol. The zero-order valence-corrected chi connectivity index (χ0v) is 12.2. The van der Waals surface area contributed by atoms with Gasteiger partial charge in [0, 0.05) is 19.7 Å². The Balaban J connectivity index is 1.99. The van der Waals surface area contributed by atoms with Gasteiger partial charge < -0.3 is 20.1 Å². The molecule has 20 heavy (non-hydrogen) atoms. The van der Waals surface area contributed by atoms with Gasteiger partial charge in [0.15, 0.2) is 0 Å². The van der Waals surface area contributed by atoms with Gasteiger partial charge in [0.1, 0.15) is 5.54 Å². The molecule has 114 valence electrons. The van der Waals surface area contributed by atoms with E-state index in [1.165, 1.54) is 4.90 Å². The summed E-state index contributed by atoms with van der Waals surface area (Å²) in [7, 11) is 1.67. The first-order chi connectivity index (χ1) is 9.53. The van der Waals surface area contributed by atoms with Crippen LogP contribution in [0.2, 0.25) is 0 Å². The van der Waals surface area contributed by atoms with Crippen molar-refractivity contribution in [3.63, 3.8) is 0 Å². The van der Waals surface area contributed by atoms with Crippen molar-refractivity contribution < 1.29 is 19.4 Å². The summed E-state index contributed by atoms with van der Waals surface area (Å²) in [5.74, 6) is -0.879. The van der Waals surface area contributed by atoms with Crippen LogP contribution in [-0.4, -0.2) is 53.3 Å². The van der Waals surface area contributed by atoms with E-state index in [1.54, 1.807) is 7.11 Å². The van der Waals surface area contributed by atoms with Gasteiger partial charge in [0.25, 0.3) is 0 Å². The van der Waals surface area contributed by atoms with Crippen LogP contribution in [0.1, 0.15) is 45.4 Å². The molecule has 2 amide bonds. The highest BCUT2D eigenvalue weighted by Crippen LogP contribution is 2.34. The molecule has 0 aromatic carbocycles. The van der Waals surface area contributed by atoms with Crippen LogP contribution in [0.5, 0.6) is 0 Å². The van der Waals surface area contributed by atoms with Gasteiger partial charge in [-0.1, -0.05) is 13.3 Å². The second kappa shape index (κ2) is 5.99. The number of urea groups is 1. The number of hydrogen-bond acceptors (Lipinski definition) is 3. The Kier molecular flexibility index (Phi) is 4.52. The Bertz CT molecular complexity index is 381.